The molecule has 0 saturated carbocycles. The van der Waals surface area contributed by atoms with Crippen molar-refractivity contribution in [1.82, 2.24) is 0 Å². The SMILES string of the molecule is CCC/C(=C\c1ccc(Br)cc1)COC(C)=O. The molecular weight excluding hydrogens is 280 g/mol. The van der Waals surface area contributed by atoms with Gasteiger partial charge >= 0.3 is 5.97 Å². The largest absolute Gasteiger partial charge is 0.461 e. The van der Waals surface area contributed by atoms with Crippen LogP contribution in [0.2, 0.25) is 0 Å². The third-order valence-electron chi connectivity index (χ3n) is 2.27. The van der Waals surface area contributed by atoms with E-state index in [0.29, 0.717) is 6.61 Å². The first-order valence-electron chi connectivity index (χ1n) is 5.70. The lowest BCUT2D eigenvalue weighted by Crippen LogP contribution is -2.03. The molecule has 0 heterocycles. The number of carbonyl (C=O) groups is 1. The number of esters is 1. The summed E-state index contributed by atoms with van der Waals surface area (Å²) in [5, 5.41) is 0. The van der Waals surface area contributed by atoms with Gasteiger partial charge in [-0.05, 0) is 29.7 Å². The van der Waals surface area contributed by atoms with Crippen molar-refractivity contribution in [2.75, 3.05) is 6.61 Å². The van der Waals surface area contributed by atoms with Gasteiger partial charge < -0.3 is 4.74 Å². The third kappa shape index (κ3) is 5.68. The number of benzene rings is 1. The standard InChI is InChI=1S/C14H17BrO2/c1-3-4-13(10-17-11(2)16)9-12-5-7-14(15)8-6-12/h5-9H,3-4,10H2,1-2H3/b13-9+. The Bertz CT molecular complexity index is 393. The van der Waals surface area contributed by atoms with Crippen LogP contribution in [-0.2, 0) is 9.53 Å². The van der Waals surface area contributed by atoms with E-state index < -0.39 is 0 Å². The fourth-order valence-electron chi connectivity index (χ4n) is 1.50. The number of hydrogen-bond donors (Lipinski definition) is 0. The van der Waals surface area contributed by atoms with E-state index in [1.165, 1.54) is 6.92 Å². The van der Waals surface area contributed by atoms with Gasteiger partial charge in [-0.1, -0.05) is 47.5 Å². The molecular formula is C14H17BrO2. The summed E-state index contributed by atoms with van der Waals surface area (Å²) in [4.78, 5) is 10.8. The van der Waals surface area contributed by atoms with Crippen molar-refractivity contribution >= 4 is 28.0 Å². The lowest BCUT2D eigenvalue weighted by atomic mass is 10.1. The molecule has 0 unspecified atom stereocenters. The van der Waals surface area contributed by atoms with Gasteiger partial charge in [0.1, 0.15) is 6.61 Å². The molecule has 0 spiro atoms. The zero-order valence-corrected chi connectivity index (χ0v) is 11.8. The van der Waals surface area contributed by atoms with Crippen LogP contribution in [-0.4, -0.2) is 12.6 Å². The second-order valence-electron chi connectivity index (χ2n) is 3.88. The number of carbonyl (C=O) groups excluding carboxylic acids is 1. The summed E-state index contributed by atoms with van der Waals surface area (Å²) in [6.07, 6.45) is 4.08. The van der Waals surface area contributed by atoms with Crippen LogP contribution in [0.25, 0.3) is 6.08 Å². The van der Waals surface area contributed by atoms with Crippen LogP contribution >= 0.6 is 15.9 Å². The highest BCUT2D eigenvalue weighted by atomic mass is 79.9. The van der Waals surface area contributed by atoms with Gasteiger partial charge in [0.05, 0.1) is 0 Å². The summed E-state index contributed by atoms with van der Waals surface area (Å²) in [6.45, 7) is 3.94. The molecule has 1 rings (SSSR count). The second-order valence-corrected chi connectivity index (χ2v) is 4.80. The lowest BCUT2D eigenvalue weighted by molar-refractivity contribution is -0.140. The van der Waals surface area contributed by atoms with Gasteiger partial charge in [0.2, 0.25) is 0 Å². The zero-order chi connectivity index (χ0) is 12.7. The molecule has 0 aliphatic rings. The van der Waals surface area contributed by atoms with Crippen LogP contribution in [0.5, 0.6) is 0 Å². The van der Waals surface area contributed by atoms with Crippen molar-refractivity contribution < 1.29 is 9.53 Å². The normalized spacial score (nSPS) is 11.4. The van der Waals surface area contributed by atoms with Crippen LogP contribution in [0, 0.1) is 0 Å². The highest BCUT2D eigenvalue weighted by Crippen LogP contribution is 2.15. The maximum Gasteiger partial charge on any atom is 0.302 e. The molecule has 0 aliphatic heterocycles. The Morgan fingerprint density at radius 3 is 2.53 bits per heavy atom. The van der Waals surface area contributed by atoms with Crippen LogP contribution in [0.15, 0.2) is 34.3 Å². The van der Waals surface area contributed by atoms with Gasteiger partial charge in [-0.3, -0.25) is 4.79 Å². The molecule has 0 amide bonds. The molecule has 0 radical (unpaired) electrons. The number of ether oxygens (including phenoxy) is 1. The Hall–Kier alpha value is -1.09. The minimum atomic E-state index is -0.234. The van der Waals surface area contributed by atoms with E-state index in [-0.39, 0.29) is 5.97 Å². The fourth-order valence-corrected chi connectivity index (χ4v) is 1.76. The van der Waals surface area contributed by atoms with Crippen molar-refractivity contribution in [1.29, 1.82) is 0 Å². The molecule has 0 saturated heterocycles. The number of halogens is 1. The van der Waals surface area contributed by atoms with Crippen molar-refractivity contribution in [3.63, 3.8) is 0 Å². The molecule has 0 bridgehead atoms. The van der Waals surface area contributed by atoms with Gasteiger partial charge in [0, 0.05) is 11.4 Å². The molecule has 2 nitrogen and oxygen atoms in total. The molecule has 0 atom stereocenters. The minimum Gasteiger partial charge on any atom is -0.461 e. The summed E-state index contributed by atoms with van der Waals surface area (Å²) < 4.78 is 6.10. The topological polar surface area (TPSA) is 26.3 Å². The van der Waals surface area contributed by atoms with Crippen LogP contribution in [0.3, 0.4) is 0 Å². The molecule has 0 fully saturated rings. The Labute approximate surface area is 111 Å². The smallest absolute Gasteiger partial charge is 0.302 e. The molecule has 0 N–H and O–H groups in total. The zero-order valence-electron chi connectivity index (χ0n) is 10.2. The van der Waals surface area contributed by atoms with E-state index in [0.717, 1.165) is 28.5 Å². The van der Waals surface area contributed by atoms with Crippen LogP contribution in [0.4, 0.5) is 0 Å². The Morgan fingerprint density at radius 1 is 1.35 bits per heavy atom. The van der Waals surface area contributed by atoms with Gasteiger partial charge in [-0.25, -0.2) is 0 Å². The second kappa shape index (κ2) is 7.28. The number of rotatable bonds is 5. The Balaban J connectivity index is 2.74. The Morgan fingerprint density at radius 2 is 2.00 bits per heavy atom. The lowest BCUT2D eigenvalue weighted by Gasteiger charge is -2.06. The van der Waals surface area contributed by atoms with Crippen LogP contribution < -0.4 is 0 Å². The highest BCUT2D eigenvalue weighted by Gasteiger charge is 2.00. The van der Waals surface area contributed by atoms with Crippen molar-refractivity contribution in [2.24, 2.45) is 0 Å². The van der Waals surface area contributed by atoms with E-state index in [1.807, 2.05) is 24.3 Å². The van der Waals surface area contributed by atoms with E-state index in [9.17, 15) is 4.79 Å². The predicted octanol–water partition coefficient (Wildman–Crippen LogP) is 4.20. The van der Waals surface area contributed by atoms with E-state index in [4.69, 9.17) is 4.74 Å². The van der Waals surface area contributed by atoms with E-state index >= 15 is 0 Å². The van der Waals surface area contributed by atoms with Crippen LogP contribution in [0.1, 0.15) is 32.3 Å². The van der Waals surface area contributed by atoms with Gasteiger partial charge in [-0.15, -0.1) is 0 Å². The Kier molecular flexibility index (Phi) is 5.98. The summed E-state index contributed by atoms with van der Waals surface area (Å²) in [6, 6.07) is 8.07. The first-order chi connectivity index (χ1) is 8.11. The molecule has 1 aromatic carbocycles. The third-order valence-corrected chi connectivity index (χ3v) is 2.80. The highest BCUT2D eigenvalue weighted by molar-refractivity contribution is 9.10. The maximum atomic E-state index is 10.8. The molecule has 1 aromatic rings. The summed E-state index contributed by atoms with van der Waals surface area (Å²) in [5.41, 5.74) is 2.27. The number of hydrogen-bond acceptors (Lipinski definition) is 2. The van der Waals surface area contributed by atoms with Gasteiger partial charge in [0.25, 0.3) is 0 Å². The van der Waals surface area contributed by atoms with Crippen molar-refractivity contribution in [3.8, 4) is 0 Å². The fraction of sp³-hybridized carbons (Fsp3) is 0.357. The summed E-state index contributed by atoms with van der Waals surface area (Å²) >= 11 is 3.40. The van der Waals surface area contributed by atoms with Gasteiger partial charge in [-0.2, -0.15) is 0 Å². The van der Waals surface area contributed by atoms with E-state index in [2.05, 4.69) is 28.9 Å². The monoisotopic (exact) mass is 296 g/mol. The van der Waals surface area contributed by atoms with Crippen molar-refractivity contribution in [3.05, 3.63) is 39.9 Å². The van der Waals surface area contributed by atoms with Crippen molar-refractivity contribution in [2.45, 2.75) is 26.7 Å². The molecule has 0 aliphatic carbocycles. The molecule has 17 heavy (non-hydrogen) atoms. The predicted molar refractivity (Wildman–Crippen MR) is 73.7 cm³/mol. The minimum absolute atomic E-state index is 0.234. The molecule has 3 heteroatoms. The molecule has 0 aromatic heterocycles. The quantitative estimate of drug-likeness (QED) is 0.761. The van der Waals surface area contributed by atoms with Gasteiger partial charge in [0.15, 0.2) is 0 Å². The summed E-state index contributed by atoms with van der Waals surface area (Å²) in [7, 11) is 0. The average Bonchev–Trinajstić information content (AvgIpc) is 2.29. The first-order valence-corrected chi connectivity index (χ1v) is 6.49. The summed E-state index contributed by atoms with van der Waals surface area (Å²) in [5.74, 6) is -0.234. The maximum absolute atomic E-state index is 10.8. The van der Waals surface area contributed by atoms with E-state index in [1.54, 1.807) is 0 Å². The average molecular weight is 297 g/mol. The first kappa shape index (κ1) is 14.0. The molecule has 92 valence electrons.